The molecule has 0 aliphatic carbocycles. The van der Waals surface area contributed by atoms with E-state index in [1.54, 1.807) is 12.1 Å². The Balaban J connectivity index is 1.38. The molecular formula is C21H24N4O2. The van der Waals surface area contributed by atoms with E-state index in [9.17, 15) is 0 Å². The summed E-state index contributed by atoms with van der Waals surface area (Å²) < 4.78 is 11.1. The average Bonchev–Trinajstić information content (AvgIpc) is 3.33. The Morgan fingerprint density at radius 1 is 1.04 bits per heavy atom. The van der Waals surface area contributed by atoms with Crippen molar-refractivity contribution in [2.45, 2.75) is 38.2 Å². The van der Waals surface area contributed by atoms with Gasteiger partial charge in [0, 0.05) is 19.1 Å². The summed E-state index contributed by atoms with van der Waals surface area (Å²) >= 11 is 0. The number of benzene rings is 1. The Morgan fingerprint density at radius 3 is 2.59 bits per heavy atom. The van der Waals surface area contributed by atoms with Gasteiger partial charge in [0.15, 0.2) is 5.76 Å². The predicted molar refractivity (Wildman–Crippen MR) is 105 cm³/mol. The van der Waals surface area contributed by atoms with E-state index in [4.69, 9.17) is 20.7 Å². The van der Waals surface area contributed by atoms with Crippen LogP contribution >= 0.6 is 0 Å². The van der Waals surface area contributed by atoms with Crippen molar-refractivity contribution in [2.24, 2.45) is 0 Å². The highest BCUT2D eigenvalue weighted by atomic mass is 16.5. The fourth-order valence-electron chi connectivity index (χ4n) is 3.45. The number of nitrogens with zero attached hydrogens (tertiary/aromatic N) is 2. The van der Waals surface area contributed by atoms with Crippen molar-refractivity contribution in [1.82, 2.24) is 10.1 Å². The fourth-order valence-corrected chi connectivity index (χ4v) is 3.45. The molecule has 1 atom stereocenters. The molecule has 1 unspecified atom stereocenters. The van der Waals surface area contributed by atoms with Gasteiger partial charge in [-0.1, -0.05) is 29.4 Å². The van der Waals surface area contributed by atoms with Gasteiger partial charge in [-0.25, -0.2) is 4.98 Å². The lowest BCUT2D eigenvalue weighted by Gasteiger charge is -2.09. The molecule has 6 nitrogen and oxygen atoms in total. The van der Waals surface area contributed by atoms with Gasteiger partial charge < -0.3 is 20.7 Å². The number of aromatic nitrogens is 2. The zero-order valence-corrected chi connectivity index (χ0v) is 15.2. The van der Waals surface area contributed by atoms with Crippen molar-refractivity contribution in [2.75, 3.05) is 18.1 Å². The first-order chi connectivity index (χ1) is 13.2. The highest BCUT2D eigenvalue weighted by Gasteiger charge is 2.15. The van der Waals surface area contributed by atoms with Gasteiger partial charge in [-0.2, -0.15) is 0 Å². The zero-order chi connectivity index (χ0) is 18.6. The number of nitrogen functional groups attached to an aromatic ring is 2. The second-order valence-electron chi connectivity index (χ2n) is 7.02. The summed E-state index contributed by atoms with van der Waals surface area (Å²) in [4.78, 5) is 4.06. The van der Waals surface area contributed by atoms with Crippen LogP contribution in [0.15, 0.2) is 47.0 Å². The standard InChI is InChI=1S/C21H24N4O2/c22-20-10-9-18(21(23)24-20)19-13-16(25-27-19)12-15-5-3-14(4-6-15)7-8-17-2-1-11-26-17/h3-6,9-10,13,17H,1-2,7-8,11-12H2,(H4,22,23,24). The van der Waals surface area contributed by atoms with Gasteiger partial charge in [-0.05, 0) is 48.9 Å². The molecule has 0 spiro atoms. The number of nitrogens with two attached hydrogens (primary N) is 2. The average molecular weight is 364 g/mol. The van der Waals surface area contributed by atoms with E-state index in [0.717, 1.165) is 25.1 Å². The van der Waals surface area contributed by atoms with Crippen LogP contribution in [-0.4, -0.2) is 22.9 Å². The molecule has 0 radical (unpaired) electrons. The van der Waals surface area contributed by atoms with Crippen molar-refractivity contribution in [3.8, 4) is 11.3 Å². The van der Waals surface area contributed by atoms with Crippen molar-refractivity contribution in [3.05, 3.63) is 59.3 Å². The summed E-state index contributed by atoms with van der Waals surface area (Å²) in [5.74, 6) is 1.33. The molecule has 27 heavy (non-hydrogen) atoms. The van der Waals surface area contributed by atoms with Crippen LogP contribution in [0.3, 0.4) is 0 Å². The molecule has 1 aromatic carbocycles. The summed E-state index contributed by atoms with van der Waals surface area (Å²) in [5.41, 5.74) is 15.6. The number of pyridine rings is 1. The molecule has 2 aromatic heterocycles. The molecular weight excluding hydrogens is 340 g/mol. The third-order valence-electron chi connectivity index (χ3n) is 4.96. The summed E-state index contributed by atoms with van der Waals surface area (Å²) in [5, 5.41) is 4.16. The number of anilines is 2. The van der Waals surface area contributed by atoms with Crippen molar-refractivity contribution in [3.63, 3.8) is 0 Å². The maximum Gasteiger partial charge on any atom is 0.170 e. The lowest BCUT2D eigenvalue weighted by molar-refractivity contribution is 0.104. The van der Waals surface area contributed by atoms with E-state index in [0.29, 0.717) is 35.5 Å². The van der Waals surface area contributed by atoms with E-state index >= 15 is 0 Å². The summed E-state index contributed by atoms with van der Waals surface area (Å²) in [6.45, 7) is 0.918. The van der Waals surface area contributed by atoms with Gasteiger partial charge in [-0.3, -0.25) is 0 Å². The summed E-state index contributed by atoms with van der Waals surface area (Å²) in [7, 11) is 0. The maximum absolute atomic E-state index is 5.92. The van der Waals surface area contributed by atoms with E-state index in [2.05, 4.69) is 34.4 Å². The van der Waals surface area contributed by atoms with Gasteiger partial charge >= 0.3 is 0 Å². The largest absolute Gasteiger partial charge is 0.384 e. The van der Waals surface area contributed by atoms with Crippen LogP contribution < -0.4 is 11.5 Å². The minimum atomic E-state index is 0.341. The van der Waals surface area contributed by atoms with E-state index in [-0.39, 0.29) is 0 Å². The summed E-state index contributed by atoms with van der Waals surface area (Å²) in [6, 6.07) is 14.1. The first-order valence-corrected chi connectivity index (χ1v) is 9.35. The number of rotatable bonds is 6. The molecule has 4 N–H and O–H groups in total. The number of aryl methyl sites for hydroxylation is 1. The minimum absolute atomic E-state index is 0.341. The van der Waals surface area contributed by atoms with Gasteiger partial charge in [0.25, 0.3) is 0 Å². The molecule has 0 amide bonds. The van der Waals surface area contributed by atoms with Crippen LogP contribution in [0.25, 0.3) is 11.3 Å². The van der Waals surface area contributed by atoms with Crippen molar-refractivity contribution < 1.29 is 9.26 Å². The van der Waals surface area contributed by atoms with E-state index in [1.807, 2.05) is 6.07 Å². The minimum Gasteiger partial charge on any atom is -0.384 e. The Kier molecular flexibility index (Phi) is 5.07. The van der Waals surface area contributed by atoms with E-state index in [1.165, 1.54) is 24.0 Å². The summed E-state index contributed by atoms with van der Waals surface area (Å²) in [6.07, 6.45) is 5.69. The molecule has 1 aliphatic rings. The SMILES string of the molecule is Nc1ccc(-c2cc(Cc3ccc(CCC4CCCO4)cc3)no2)c(N)n1. The Labute approximate surface area is 158 Å². The number of hydrogen-bond donors (Lipinski definition) is 2. The van der Waals surface area contributed by atoms with Crippen LogP contribution in [0.1, 0.15) is 36.1 Å². The second-order valence-corrected chi connectivity index (χ2v) is 7.02. The molecule has 0 saturated carbocycles. The van der Waals surface area contributed by atoms with E-state index < -0.39 is 0 Å². The third kappa shape index (κ3) is 4.28. The first-order valence-electron chi connectivity index (χ1n) is 9.35. The molecule has 1 fully saturated rings. The van der Waals surface area contributed by atoms with Crippen LogP contribution in [-0.2, 0) is 17.6 Å². The second kappa shape index (κ2) is 7.80. The molecule has 1 aliphatic heterocycles. The fraction of sp³-hybridized carbons (Fsp3) is 0.333. The highest BCUT2D eigenvalue weighted by Crippen LogP contribution is 2.26. The topological polar surface area (TPSA) is 100 Å². The molecule has 140 valence electrons. The Morgan fingerprint density at radius 2 is 1.85 bits per heavy atom. The predicted octanol–water partition coefficient (Wildman–Crippen LogP) is 3.60. The van der Waals surface area contributed by atoms with Crippen molar-refractivity contribution >= 4 is 11.6 Å². The number of hydrogen-bond acceptors (Lipinski definition) is 6. The van der Waals surface area contributed by atoms with Crippen LogP contribution in [0.4, 0.5) is 11.6 Å². The van der Waals surface area contributed by atoms with Gasteiger partial charge in [0.05, 0.1) is 17.4 Å². The highest BCUT2D eigenvalue weighted by molar-refractivity contribution is 5.71. The van der Waals surface area contributed by atoms with Crippen LogP contribution in [0.2, 0.25) is 0 Å². The molecule has 3 heterocycles. The van der Waals surface area contributed by atoms with Crippen LogP contribution in [0.5, 0.6) is 0 Å². The zero-order valence-electron chi connectivity index (χ0n) is 15.2. The quantitative estimate of drug-likeness (QED) is 0.693. The number of ether oxygens (including phenoxy) is 1. The molecule has 0 bridgehead atoms. The van der Waals surface area contributed by atoms with Crippen molar-refractivity contribution in [1.29, 1.82) is 0 Å². The molecule has 3 aromatic rings. The normalized spacial score (nSPS) is 16.7. The first kappa shape index (κ1) is 17.5. The maximum atomic E-state index is 5.92. The Bertz CT molecular complexity index is 899. The lowest BCUT2D eigenvalue weighted by atomic mass is 10.0. The molecule has 1 saturated heterocycles. The van der Waals surface area contributed by atoms with Gasteiger partial charge in [0.1, 0.15) is 11.6 Å². The molecule has 6 heteroatoms. The monoisotopic (exact) mass is 364 g/mol. The van der Waals surface area contributed by atoms with Gasteiger partial charge in [-0.15, -0.1) is 0 Å². The third-order valence-corrected chi connectivity index (χ3v) is 4.96. The van der Waals surface area contributed by atoms with Crippen LogP contribution in [0, 0.1) is 0 Å². The smallest absolute Gasteiger partial charge is 0.170 e. The Hall–Kier alpha value is -2.86. The van der Waals surface area contributed by atoms with Gasteiger partial charge in [0.2, 0.25) is 0 Å². The molecule has 4 rings (SSSR count). The lowest BCUT2D eigenvalue weighted by Crippen LogP contribution is -2.06.